The number of phenols is 1. The Labute approximate surface area is 190 Å². The van der Waals surface area contributed by atoms with Crippen molar-refractivity contribution in [1.82, 2.24) is 0 Å². The fourth-order valence-corrected chi connectivity index (χ4v) is 4.21. The Morgan fingerprint density at radius 2 is 1.79 bits per heavy atom. The number of rotatable bonds is 6. The molecule has 0 saturated carbocycles. The van der Waals surface area contributed by atoms with Crippen LogP contribution in [0.3, 0.4) is 0 Å². The van der Waals surface area contributed by atoms with E-state index in [-0.39, 0.29) is 11.7 Å². The van der Waals surface area contributed by atoms with Crippen molar-refractivity contribution in [3.8, 4) is 28.7 Å². The van der Waals surface area contributed by atoms with Crippen LogP contribution in [0.15, 0.2) is 30.3 Å². The highest BCUT2D eigenvalue weighted by atomic mass is 16.7. The average molecular weight is 464 g/mol. The summed E-state index contributed by atoms with van der Waals surface area (Å²) in [5.41, 5.74) is 1.59. The largest absolute Gasteiger partial charge is 0.502 e. The van der Waals surface area contributed by atoms with Gasteiger partial charge in [-0.1, -0.05) is 6.07 Å². The van der Waals surface area contributed by atoms with Gasteiger partial charge < -0.3 is 49.2 Å². The average Bonchev–Trinajstić information content (AvgIpc) is 2.83. The van der Waals surface area contributed by atoms with Crippen LogP contribution in [0, 0.1) is 0 Å². The lowest BCUT2D eigenvalue weighted by molar-refractivity contribution is -0.277. The molecule has 1 unspecified atom stereocenters. The topological polar surface area (TPSA) is 147 Å². The molecule has 2 aliphatic rings. The lowest BCUT2D eigenvalue weighted by Gasteiger charge is -2.39. The predicted octanol–water partition coefficient (Wildman–Crippen LogP) is 0.307. The van der Waals surface area contributed by atoms with Gasteiger partial charge in [-0.2, -0.15) is 0 Å². The monoisotopic (exact) mass is 464 g/mol. The normalized spacial score (nSPS) is 29.0. The van der Waals surface area contributed by atoms with E-state index in [1.165, 1.54) is 14.2 Å². The third kappa shape index (κ3) is 4.40. The van der Waals surface area contributed by atoms with Crippen LogP contribution in [-0.2, 0) is 11.2 Å². The molecule has 10 nitrogen and oxygen atoms in total. The maximum atomic E-state index is 10.4. The second kappa shape index (κ2) is 9.62. The van der Waals surface area contributed by atoms with Crippen LogP contribution >= 0.6 is 0 Å². The fourth-order valence-electron chi connectivity index (χ4n) is 4.21. The summed E-state index contributed by atoms with van der Waals surface area (Å²) in [5, 5.41) is 49.9. The van der Waals surface area contributed by atoms with Crippen molar-refractivity contribution in [2.75, 3.05) is 27.4 Å². The summed E-state index contributed by atoms with van der Waals surface area (Å²) < 4.78 is 27.6. The molecule has 0 aliphatic carbocycles. The van der Waals surface area contributed by atoms with Crippen molar-refractivity contribution in [3.63, 3.8) is 0 Å². The minimum absolute atomic E-state index is 0.0806. The molecule has 6 atom stereocenters. The Morgan fingerprint density at radius 1 is 1.00 bits per heavy atom. The number of phenolic OH excluding ortho intramolecular Hbond substituents is 1. The molecule has 0 amide bonds. The SMILES string of the molecule is COc1ccc(C2COc3ccc(O[C@@H]4O[C@H](CO)[C@@H](O)[C@H](O)[C@H]4O)cc3C2)c(OC)c1O. The van der Waals surface area contributed by atoms with Crippen molar-refractivity contribution >= 4 is 0 Å². The fraction of sp³-hybridized carbons (Fsp3) is 0.478. The molecular weight excluding hydrogens is 436 g/mol. The van der Waals surface area contributed by atoms with Gasteiger partial charge in [-0.25, -0.2) is 0 Å². The molecule has 0 bridgehead atoms. The van der Waals surface area contributed by atoms with Crippen LogP contribution in [0.1, 0.15) is 17.0 Å². The van der Waals surface area contributed by atoms with Crippen LogP contribution in [-0.4, -0.2) is 83.7 Å². The van der Waals surface area contributed by atoms with Gasteiger partial charge in [0.1, 0.15) is 35.9 Å². The molecule has 0 radical (unpaired) electrons. The molecule has 5 N–H and O–H groups in total. The molecule has 2 aromatic carbocycles. The molecule has 0 aromatic heterocycles. The Bertz CT molecular complexity index is 978. The van der Waals surface area contributed by atoms with E-state index in [0.29, 0.717) is 36.0 Å². The first-order chi connectivity index (χ1) is 15.9. The second-order valence-electron chi connectivity index (χ2n) is 8.04. The van der Waals surface area contributed by atoms with E-state index < -0.39 is 37.3 Å². The first-order valence-corrected chi connectivity index (χ1v) is 10.5. The summed E-state index contributed by atoms with van der Waals surface area (Å²) in [4.78, 5) is 0. The number of aliphatic hydroxyl groups is 4. The Kier molecular flexibility index (Phi) is 6.82. The second-order valence-corrected chi connectivity index (χ2v) is 8.04. The van der Waals surface area contributed by atoms with E-state index in [1.807, 2.05) is 6.07 Å². The molecule has 1 fully saturated rings. The molecular formula is C23H28O10. The number of benzene rings is 2. The molecule has 2 aromatic rings. The van der Waals surface area contributed by atoms with Gasteiger partial charge in [0.15, 0.2) is 11.5 Å². The lowest BCUT2D eigenvalue weighted by atomic mass is 9.89. The summed E-state index contributed by atoms with van der Waals surface area (Å²) in [6, 6.07) is 8.60. The Hall–Kier alpha value is -2.76. The van der Waals surface area contributed by atoms with E-state index >= 15 is 0 Å². The van der Waals surface area contributed by atoms with E-state index in [9.17, 15) is 25.5 Å². The highest BCUT2D eigenvalue weighted by molar-refractivity contribution is 5.56. The smallest absolute Gasteiger partial charge is 0.229 e. The molecule has 2 heterocycles. The Morgan fingerprint density at radius 3 is 2.48 bits per heavy atom. The molecule has 1 saturated heterocycles. The molecule has 33 heavy (non-hydrogen) atoms. The van der Waals surface area contributed by atoms with Gasteiger partial charge in [0.25, 0.3) is 0 Å². The molecule has 4 rings (SSSR count). The van der Waals surface area contributed by atoms with E-state index in [4.69, 9.17) is 23.7 Å². The molecule has 10 heteroatoms. The summed E-state index contributed by atoms with van der Waals surface area (Å²) in [6.07, 6.45) is -6.27. The van der Waals surface area contributed by atoms with Gasteiger partial charge in [-0.3, -0.25) is 0 Å². The van der Waals surface area contributed by atoms with Crippen molar-refractivity contribution < 1.29 is 49.2 Å². The van der Waals surface area contributed by atoms with Gasteiger partial charge in [-0.15, -0.1) is 0 Å². The predicted molar refractivity (Wildman–Crippen MR) is 114 cm³/mol. The first kappa shape index (κ1) is 23.4. The number of aliphatic hydroxyl groups excluding tert-OH is 4. The van der Waals surface area contributed by atoms with Crippen molar-refractivity contribution in [1.29, 1.82) is 0 Å². The summed E-state index contributed by atoms with van der Waals surface area (Å²) >= 11 is 0. The third-order valence-electron chi connectivity index (χ3n) is 6.03. The first-order valence-electron chi connectivity index (χ1n) is 10.5. The van der Waals surface area contributed by atoms with Crippen LogP contribution in [0.4, 0.5) is 0 Å². The van der Waals surface area contributed by atoms with E-state index in [1.54, 1.807) is 24.3 Å². The van der Waals surface area contributed by atoms with Gasteiger partial charge >= 0.3 is 0 Å². The van der Waals surface area contributed by atoms with Gasteiger partial charge in [0.05, 0.1) is 27.4 Å². The van der Waals surface area contributed by atoms with Crippen molar-refractivity contribution in [2.24, 2.45) is 0 Å². The zero-order valence-electron chi connectivity index (χ0n) is 18.2. The number of methoxy groups -OCH3 is 2. The summed E-state index contributed by atoms with van der Waals surface area (Å²) in [5.74, 6) is 1.45. The number of fused-ring (bicyclic) bond motifs is 1. The zero-order valence-corrected chi connectivity index (χ0v) is 18.2. The quantitative estimate of drug-likeness (QED) is 0.405. The summed E-state index contributed by atoms with van der Waals surface area (Å²) in [6.45, 7) is -0.164. The number of ether oxygens (including phenoxy) is 5. The standard InChI is InChI=1S/C23H28O10/c1-29-16-6-4-14(22(30-2)19(16)26)12-7-11-8-13(3-5-15(11)31-10-12)32-23-21(28)20(27)18(25)17(9-24)33-23/h3-6,8,12,17-18,20-21,23-28H,7,9-10H2,1-2H3/t12?,17-,18-,20+,21-,23-/m1/s1. The lowest BCUT2D eigenvalue weighted by Crippen LogP contribution is -2.60. The highest BCUT2D eigenvalue weighted by Gasteiger charge is 2.44. The summed E-state index contributed by atoms with van der Waals surface area (Å²) in [7, 11) is 2.94. The number of hydrogen-bond donors (Lipinski definition) is 5. The molecule has 0 spiro atoms. The minimum atomic E-state index is -1.53. The van der Waals surface area contributed by atoms with Crippen LogP contribution in [0.5, 0.6) is 28.7 Å². The van der Waals surface area contributed by atoms with Gasteiger partial charge in [0.2, 0.25) is 12.0 Å². The van der Waals surface area contributed by atoms with Crippen LogP contribution < -0.4 is 18.9 Å². The molecule has 2 aliphatic heterocycles. The van der Waals surface area contributed by atoms with E-state index in [2.05, 4.69) is 0 Å². The van der Waals surface area contributed by atoms with Gasteiger partial charge in [-0.05, 0) is 36.2 Å². The highest BCUT2D eigenvalue weighted by Crippen LogP contribution is 2.44. The zero-order chi connectivity index (χ0) is 23.7. The van der Waals surface area contributed by atoms with Crippen LogP contribution in [0.25, 0.3) is 0 Å². The maximum Gasteiger partial charge on any atom is 0.229 e. The van der Waals surface area contributed by atoms with Crippen molar-refractivity contribution in [3.05, 3.63) is 41.5 Å². The number of aromatic hydroxyl groups is 1. The minimum Gasteiger partial charge on any atom is -0.502 e. The molecule has 180 valence electrons. The maximum absolute atomic E-state index is 10.4. The van der Waals surface area contributed by atoms with Crippen molar-refractivity contribution in [2.45, 2.75) is 43.0 Å². The Balaban J connectivity index is 1.54. The van der Waals surface area contributed by atoms with E-state index in [0.717, 1.165) is 11.1 Å². The third-order valence-corrected chi connectivity index (χ3v) is 6.03. The van der Waals surface area contributed by atoms with Crippen LogP contribution in [0.2, 0.25) is 0 Å². The van der Waals surface area contributed by atoms with Gasteiger partial charge in [0, 0.05) is 11.5 Å². The number of hydrogen-bond acceptors (Lipinski definition) is 10.